The molecule has 0 bridgehead atoms. The average molecular weight is 367 g/mol. The van der Waals surface area contributed by atoms with Gasteiger partial charge in [0.15, 0.2) is 0 Å². The van der Waals surface area contributed by atoms with Gasteiger partial charge in [0.2, 0.25) is 5.91 Å². The lowest BCUT2D eigenvalue weighted by Crippen LogP contribution is -2.46. The number of carbonyl (C=O) groups excluding carboxylic acids is 1. The highest BCUT2D eigenvalue weighted by Gasteiger charge is 2.40. The molecule has 0 aliphatic carbocycles. The summed E-state index contributed by atoms with van der Waals surface area (Å²) in [4.78, 5) is 24.8. The monoisotopic (exact) mass is 367 g/mol. The molecule has 1 aromatic carbocycles. The van der Waals surface area contributed by atoms with E-state index in [1.54, 1.807) is 0 Å². The van der Waals surface area contributed by atoms with Gasteiger partial charge in [-0.25, -0.2) is 4.98 Å². The number of benzene rings is 1. The maximum absolute atomic E-state index is 13.6. The Hall–Kier alpha value is -2.18. The molecule has 0 unspecified atom stereocenters. The van der Waals surface area contributed by atoms with Crippen LogP contribution in [0.2, 0.25) is 0 Å². The molecule has 2 aromatic rings. The van der Waals surface area contributed by atoms with Gasteiger partial charge in [-0.3, -0.25) is 9.69 Å². The molecule has 0 saturated carbocycles. The second-order valence-electron chi connectivity index (χ2n) is 7.99. The van der Waals surface area contributed by atoms with Gasteiger partial charge in [0.05, 0.1) is 17.7 Å². The van der Waals surface area contributed by atoms with E-state index in [0.717, 1.165) is 50.4 Å². The van der Waals surface area contributed by atoms with E-state index in [-0.39, 0.29) is 11.9 Å². The van der Waals surface area contributed by atoms with Gasteiger partial charge in [-0.05, 0) is 26.1 Å². The van der Waals surface area contributed by atoms with E-state index < -0.39 is 0 Å². The molecule has 2 atom stereocenters. The van der Waals surface area contributed by atoms with Crippen molar-refractivity contribution in [2.24, 2.45) is 7.05 Å². The summed E-state index contributed by atoms with van der Waals surface area (Å²) >= 11 is 0. The largest absolute Gasteiger partial charge is 0.339 e. The van der Waals surface area contributed by atoms with Crippen LogP contribution in [0.4, 0.5) is 0 Å². The zero-order valence-corrected chi connectivity index (χ0v) is 16.5. The first kappa shape index (κ1) is 18.2. The Morgan fingerprint density at radius 1 is 1.22 bits per heavy atom. The molecule has 0 N–H and O–H groups in total. The highest BCUT2D eigenvalue weighted by Crippen LogP contribution is 2.33. The second kappa shape index (κ2) is 7.44. The Bertz CT molecular complexity index is 800. The minimum Gasteiger partial charge on any atom is -0.339 e. The summed E-state index contributed by atoms with van der Waals surface area (Å²) in [7, 11) is 6.20. The number of carbonyl (C=O) groups is 1. The number of hydrogen-bond acceptors (Lipinski definition) is 4. The summed E-state index contributed by atoms with van der Waals surface area (Å²) < 4.78 is 2.04. The van der Waals surface area contributed by atoms with E-state index >= 15 is 0 Å². The lowest BCUT2D eigenvalue weighted by molar-refractivity contribution is -0.137. The molecule has 3 heterocycles. The van der Waals surface area contributed by atoms with E-state index in [1.165, 1.54) is 5.56 Å². The summed E-state index contributed by atoms with van der Waals surface area (Å²) in [5.41, 5.74) is 3.38. The number of aryl methyl sites for hydroxylation is 1. The maximum atomic E-state index is 13.6. The molecule has 2 aliphatic heterocycles. The van der Waals surface area contributed by atoms with Gasteiger partial charge in [-0.1, -0.05) is 30.3 Å². The van der Waals surface area contributed by atoms with Crippen molar-refractivity contribution < 1.29 is 4.79 Å². The molecule has 4 rings (SSSR count). The fourth-order valence-electron chi connectivity index (χ4n) is 4.38. The van der Waals surface area contributed by atoms with Crippen molar-refractivity contribution in [1.82, 2.24) is 24.3 Å². The lowest BCUT2D eigenvalue weighted by Gasteiger charge is -2.37. The minimum atomic E-state index is -0.248. The van der Waals surface area contributed by atoms with E-state index in [0.29, 0.717) is 6.04 Å². The number of likely N-dealkylation sites (N-methyl/N-ethyl adjacent to an activating group) is 1. The van der Waals surface area contributed by atoms with E-state index in [9.17, 15) is 4.79 Å². The molecule has 6 nitrogen and oxygen atoms in total. The van der Waals surface area contributed by atoms with Crippen molar-refractivity contribution in [1.29, 1.82) is 0 Å². The van der Waals surface area contributed by atoms with Crippen molar-refractivity contribution in [3.05, 3.63) is 53.6 Å². The molecular weight excluding hydrogens is 338 g/mol. The first-order valence-electron chi connectivity index (χ1n) is 9.78. The maximum Gasteiger partial charge on any atom is 0.246 e. The Morgan fingerprint density at radius 2 is 2.00 bits per heavy atom. The molecule has 1 fully saturated rings. The fourth-order valence-corrected chi connectivity index (χ4v) is 4.38. The van der Waals surface area contributed by atoms with Crippen LogP contribution in [0.1, 0.15) is 29.4 Å². The van der Waals surface area contributed by atoms with Crippen LogP contribution in [0.5, 0.6) is 0 Å². The summed E-state index contributed by atoms with van der Waals surface area (Å²) in [5, 5.41) is 0. The summed E-state index contributed by atoms with van der Waals surface area (Å²) in [6.07, 6.45) is 3.79. The van der Waals surface area contributed by atoms with Gasteiger partial charge in [0.1, 0.15) is 6.04 Å². The number of nitrogens with zero attached hydrogens (tertiary/aromatic N) is 5. The van der Waals surface area contributed by atoms with Gasteiger partial charge in [0.25, 0.3) is 0 Å². The highest BCUT2D eigenvalue weighted by atomic mass is 16.2. The van der Waals surface area contributed by atoms with Gasteiger partial charge in [0, 0.05) is 45.7 Å². The zero-order chi connectivity index (χ0) is 19.0. The summed E-state index contributed by atoms with van der Waals surface area (Å²) in [6.45, 7) is 3.30. The van der Waals surface area contributed by atoms with Gasteiger partial charge in [-0.15, -0.1) is 0 Å². The molecule has 6 heteroatoms. The van der Waals surface area contributed by atoms with Gasteiger partial charge < -0.3 is 14.4 Å². The van der Waals surface area contributed by atoms with Crippen molar-refractivity contribution >= 4 is 5.91 Å². The number of fused-ring (bicyclic) bond motifs is 1. The van der Waals surface area contributed by atoms with Crippen molar-refractivity contribution in [3.8, 4) is 0 Å². The predicted octanol–water partition coefficient (Wildman–Crippen LogP) is 1.68. The molecule has 27 heavy (non-hydrogen) atoms. The lowest BCUT2D eigenvalue weighted by atomic mass is 10.00. The van der Waals surface area contributed by atoms with Crippen LogP contribution in [-0.2, 0) is 24.8 Å². The van der Waals surface area contributed by atoms with Crippen LogP contribution in [0.25, 0.3) is 0 Å². The molecule has 2 aliphatic rings. The fraction of sp³-hybridized carbons (Fsp3) is 0.524. The summed E-state index contributed by atoms with van der Waals surface area (Å²) in [5.74, 6) is 0.222. The predicted molar refractivity (Wildman–Crippen MR) is 105 cm³/mol. The minimum absolute atomic E-state index is 0.222. The number of amides is 1. The number of hydrogen-bond donors (Lipinski definition) is 0. The molecule has 1 aromatic heterocycles. The molecule has 1 amide bonds. The van der Waals surface area contributed by atoms with Crippen LogP contribution in [0.3, 0.4) is 0 Å². The van der Waals surface area contributed by atoms with Crippen molar-refractivity contribution in [2.75, 3.05) is 33.7 Å². The van der Waals surface area contributed by atoms with Crippen molar-refractivity contribution in [2.45, 2.75) is 31.5 Å². The van der Waals surface area contributed by atoms with Gasteiger partial charge >= 0.3 is 0 Å². The first-order chi connectivity index (χ1) is 13.0. The normalized spacial score (nSPS) is 23.0. The Balaban J connectivity index is 1.62. The SMILES string of the molecule is CN(C)[C@H]1CCN(C(=O)[C@@H]2c3c(ncn3C)CCN2Cc2ccccc2)C1. The van der Waals surface area contributed by atoms with Crippen molar-refractivity contribution in [3.63, 3.8) is 0 Å². The molecule has 1 saturated heterocycles. The highest BCUT2D eigenvalue weighted by molar-refractivity contribution is 5.84. The number of likely N-dealkylation sites (tertiary alicyclic amines) is 1. The smallest absolute Gasteiger partial charge is 0.246 e. The first-order valence-corrected chi connectivity index (χ1v) is 9.78. The quantitative estimate of drug-likeness (QED) is 0.825. The molecule has 0 spiro atoms. The third kappa shape index (κ3) is 3.51. The van der Waals surface area contributed by atoms with Crippen LogP contribution in [0.15, 0.2) is 36.7 Å². The number of rotatable bonds is 4. The summed E-state index contributed by atoms with van der Waals surface area (Å²) in [6, 6.07) is 10.6. The number of aromatic nitrogens is 2. The average Bonchev–Trinajstić information content (AvgIpc) is 3.30. The third-order valence-electron chi connectivity index (χ3n) is 5.99. The Labute approximate surface area is 161 Å². The topological polar surface area (TPSA) is 44.6 Å². The van der Waals surface area contributed by atoms with E-state index in [1.807, 2.05) is 24.0 Å². The van der Waals surface area contributed by atoms with E-state index in [2.05, 4.69) is 58.0 Å². The van der Waals surface area contributed by atoms with Crippen LogP contribution in [0, 0.1) is 0 Å². The van der Waals surface area contributed by atoms with Crippen LogP contribution in [-0.4, -0.2) is 69.9 Å². The number of imidazole rings is 1. The standard InChI is InChI=1S/C21H29N5O/c1-23(2)17-9-11-26(14-17)21(27)20-19-18(22-15-24(19)3)10-12-25(20)13-16-7-5-4-6-8-16/h4-8,15,17,20H,9-14H2,1-3H3/t17-,20-/m0/s1. The Kier molecular flexibility index (Phi) is 5.02. The van der Waals surface area contributed by atoms with Crippen LogP contribution < -0.4 is 0 Å². The second-order valence-corrected chi connectivity index (χ2v) is 7.99. The van der Waals surface area contributed by atoms with E-state index in [4.69, 9.17) is 0 Å². The van der Waals surface area contributed by atoms with Gasteiger partial charge in [-0.2, -0.15) is 0 Å². The van der Waals surface area contributed by atoms with Crippen LogP contribution >= 0.6 is 0 Å². The molecular formula is C21H29N5O. The molecule has 0 radical (unpaired) electrons. The molecule has 144 valence electrons. The third-order valence-corrected chi connectivity index (χ3v) is 5.99. The zero-order valence-electron chi connectivity index (χ0n) is 16.5. The Morgan fingerprint density at radius 3 is 2.70 bits per heavy atom.